The number of hydrogen-bond donors (Lipinski definition) is 1. The summed E-state index contributed by atoms with van der Waals surface area (Å²) in [7, 11) is 0. The smallest absolute Gasteiger partial charge is 0.143 e. The highest BCUT2D eigenvalue weighted by atomic mass is 79.9. The minimum Gasteiger partial charge on any atom is -0.383 e. The molecule has 1 N–H and O–H groups in total. The van der Waals surface area contributed by atoms with Crippen LogP contribution in [0.25, 0.3) is 0 Å². The molecule has 4 heteroatoms. The van der Waals surface area contributed by atoms with Crippen LogP contribution in [0.1, 0.15) is 17.2 Å². The van der Waals surface area contributed by atoms with E-state index in [9.17, 15) is 9.50 Å². The van der Waals surface area contributed by atoms with Crippen LogP contribution in [0, 0.1) is 5.82 Å². The van der Waals surface area contributed by atoms with Gasteiger partial charge in [-0.1, -0.05) is 41.9 Å². The molecule has 0 aromatic heterocycles. The Morgan fingerprint density at radius 2 is 1.71 bits per heavy atom. The molecule has 1 atom stereocenters. The Balaban J connectivity index is 2.48. The molecule has 2 aromatic rings. The molecule has 0 amide bonds. The van der Waals surface area contributed by atoms with E-state index in [4.69, 9.17) is 11.6 Å². The summed E-state index contributed by atoms with van der Waals surface area (Å²) in [6.45, 7) is 0. The highest BCUT2D eigenvalue weighted by molar-refractivity contribution is 9.10. The molecule has 0 saturated carbocycles. The first-order chi connectivity index (χ1) is 8.11. The Labute approximate surface area is 112 Å². The molecule has 0 aliphatic heterocycles. The van der Waals surface area contributed by atoms with Crippen LogP contribution in [0.15, 0.2) is 46.9 Å². The van der Waals surface area contributed by atoms with Gasteiger partial charge in [0, 0.05) is 16.1 Å². The molecule has 17 heavy (non-hydrogen) atoms. The van der Waals surface area contributed by atoms with Gasteiger partial charge >= 0.3 is 0 Å². The topological polar surface area (TPSA) is 20.2 Å². The van der Waals surface area contributed by atoms with Crippen molar-refractivity contribution in [2.75, 3.05) is 0 Å². The summed E-state index contributed by atoms with van der Waals surface area (Å²) in [5, 5.41) is 10.5. The van der Waals surface area contributed by atoms with Crippen molar-refractivity contribution in [1.82, 2.24) is 0 Å². The van der Waals surface area contributed by atoms with Gasteiger partial charge in [-0.25, -0.2) is 4.39 Å². The van der Waals surface area contributed by atoms with Gasteiger partial charge in [0.05, 0.1) is 4.47 Å². The van der Waals surface area contributed by atoms with Crippen molar-refractivity contribution in [3.8, 4) is 0 Å². The largest absolute Gasteiger partial charge is 0.383 e. The maximum absolute atomic E-state index is 13.8. The first-order valence-electron chi connectivity index (χ1n) is 4.97. The van der Waals surface area contributed by atoms with Gasteiger partial charge in [0.25, 0.3) is 0 Å². The van der Waals surface area contributed by atoms with Gasteiger partial charge in [-0.3, -0.25) is 0 Å². The zero-order chi connectivity index (χ0) is 12.4. The predicted octanol–water partition coefficient (Wildman–Crippen LogP) is 4.32. The lowest BCUT2D eigenvalue weighted by molar-refractivity contribution is 0.215. The standard InChI is InChI=1S/C13H9BrClFO/c14-10-6-3-5-9(12(10)16)13(17)8-4-1-2-7-11(8)15/h1-7,13,17H/t13-/m0/s1. The maximum Gasteiger partial charge on any atom is 0.143 e. The van der Waals surface area contributed by atoms with Crippen molar-refractivity contribution in [1.29, 1.82) is 0 Å². The molecule has 0 heterocycles. The number of aliphatic hydroxyl groups is 1. The molecule has 1 nitrogen and oxygen atoms in total. The molecule has 0 spiro atoms. The Morgan fingerprint density at radius 3 is 2.41 bits per heavy atom. The number of aliphatic hydroxyl groups excluding tert-OH is 1. The third kappa shape index (κ3) is 2.51. The van der Waals surface area contributed by atoms with Crippen LogP contribution in [0.4, 0.5) is 4.39 Å². The van der Waals surface area contributed by atoms with Crippen LogP contribution in [0.5, 0.6) is 0 Å². The van der Waals surface area contributed by atoms with Crippen molar-refractivity contribution < 1.29 is 9.50 Å². The third-order valence-electron chi connectivity index (χ3n) is 2.48. The van der Waals surface area contributed by atoms with Crippen LogP contribution in [-0.2, 0) is 0 Å². The van der Waals surface area contributed by atoms with Crippen molar-refractivity contribution in [3.63, 3.8) is 0 Å². The molecule has 88 valence electrons. The van der Waals surface area contributed by atoms with Crippen molar-refractivity contribution in [2.24, 2.45) is 0 Å². The highest BCUT2D eigenvalue weighted by Crippen LogP contribution is 2.31. The lowest BCUT2D eigenvalue weighted by Crippen LogP contribution is -2.03. The first kappa shape index (κ1) is 12.6. The zero-order valence-corrected chi connectivity index (χ0v) is 11.0. The van der Waals surface area contributed by atoms with E-state index in [1.54, 1.807) is 36.4 Å². The molecule has 0 aliphatic rings. The first-order valence-corrected chi connectivity index (χ1v) is 6.14. The molecule has 0 saturated heterocycles. The summed E-state index contributed by atoms with van der Waals surface area (Å²) in [6.07, 6.45) is -1.07. The fourth-order valence-corrected chi connectivity index (χ4v) is 2.22. The lowest BCUT2D eigenvalue weighted by Gasteiger charge is -2.14. The molecular weight excluding hydrogens is 306 g/mol. The van der Waals surface area contributed by atoms with Crippen molar-refractivity contribution >= 4 is 27.5 Å². The third-order valence-corrected chi connectivity index (χ3v) is 3.43. The lowest BCUT2D eigenvalue weighted by atomic mass is 10.0. The number of halogens is 3. The molecule has 0 fully saturated rings. The van der Waals surface area contributed by atoms with Crippen LogP contribution >= 0.6 is 27.5 Å². The van der Waals surface area contributed by atoms with Crippen LogP contribution < -0.4 is 0 Å². The Hall–Kier alpha value is -0.900. The summed E-state index contributed by atoms with van der Waals surface area (Å²) in [5.74, 6) is -0.472. The van der Waals surface area contributed by atoms with Gasteiger partial charge in [-0.05, 0) is 28.1 Å². The number of rotatable bonds is 2. The second-order valence-corrected chi connectivity index (χ2v) is 4.83. The minimum atomic E-state index is -1.07. The van der Waals surface area contributed by atoms with Crippen molar-refractivity contribution in [2.45, 2.75) is 6.10 Å². The van der Waals surface area contributed by atoms with Crippen LogP contribution in [0.3, 0.4) is 0 Å². The Bertz CT molecular complexity index is 545. The second kappa shape index (κ2) is 5.17. The molecule has 0 aliphatic carbocycles. The number of benzene rings is 2. The van der Waals surface area contributed by atoms with Gasteiger partial charge < -0.3 is 5.11 Å². The summed E-state index contributed by atoms with van der Waals surface area (Å²) in [5.41, 5.74) is 0.693. The van der Waals surface area contributed by atoms with Crippen molar-refractivity contribution in [3.05, 3.63) is 68.9 Å². The number of hydrogen-bond acceptors (Lipinski definition) is 1. The van der Waals surface area contributed by atoms with Crippen LogP contribution in [0.2, 0.25) is 5.02 Å². The molecule has 0 unspecified atom stereocenters. The molecule has 2 rings (SSSR count). The van der Waals surface area contributed by atoms with Gasteiger partial charge in [0.15, 0.2) is 0 Å². The van der Waals surface area contributed by atoms with E-state index in [1.807, 2.05) is 0 Å². The predicted molar refractivity (Wildman–Crippen MR) is 69.6 cm³/mol. The van der Waals surface area contributed by atoms with E-state index in [2.05, 4.69) is 15.9 Å². The Kier molecular flexibility index (Phi) is 3.82. The summed E-state index contributed by atoms with van der Waals surface area (Å²) >= 11 is 9.05. The zero-order valence-electron chi connectivity index (χ0n) is 8.70. The van der Waals surface area contributed by atoms with Gasteiger partial charge in [-0.15, -0.1) is 0 Å². The van der Waals surface area contributed by atoms with E-state index in [0.717, 1.165) is 0 Å². The fraction of sp³-hybridized carbons (Fsp3) is 0.0769. The minimum absolute atomic E-state index is 0.201. The fourth-order valence-electron chi connectivity index (χ4n) is 1.60. The van der Waals surface area contributed by atoms with Gasteiger partial charge in [0.2, 0.25) is 0 Å². The molecule has 0 bridgehead atoms. The summed E-state index contributed by atoms with van der Waals surface area (Å²) in [6, 6.07) is 11.6. The van der Waals surface area contributed by atoms with E-state index in [1.165, 1.54) is 6.07 Å². The molecule has 2 aromatic carbocycles. The second-order valence-electron chi connectivity index (χ2n) is 3.57. The monoisotopic (exact) mass is 314 g/mol. The normalized spacial score (nSPS) is 12.5. The van der Waals surface area contributed by atoms with E-state index >= 15 is 0 Å². The average Bonchev–Trinajstić information content (AvgIpc) is 2.32. The highest BCUT2D eigenvalue weighted by Gasteiger charge is 2.18. The summed E-state index contributed by atoms with van der Waals surface area (Å²) in [4.78, 5) is 0. The maximum atomic E-state index is 13.8. The SMILES string of the molecule is O[C@@H](c1ccccc1Cl)c1cccc(Br)c1F. The van der Waals surface area contributed by atoms with E-state index < -0.39 is 11.9 Å². The molecule has 0 radical (unpaired) electrons. The quantitative estimate of drug-likeness (QED) is 0.875. The van der Waals surface area contributed by atoms with Gasteiger partial charge in [0.1, 0.15) is 11.9 Å². The summed E-state index contributed by atoms with van der Waals surface area (Å²) < 4.78 is 14.1. The molecular formula is C13H9BrClFO. The van der Waals surface area contributed by atoms with E-state index in [-0.39, 0.29) is 5.56 Å². The van der Waals surface area contributed by atoms with Gasteiger partial charge in [-0.2, -0.15) is 0 Å². The van der Waals surface area contributed by atoms with Crippen LogP contribution in [-0.4, -0.2) is 5.11 Å². The average molecular weight is 316 g/mol. The van der Waals surface area contributed by atoms with E-state index in [0.29, 0.717) is 15.1 Å². The Morgan fingerprint density at radius 1 is 1.06 bits per heavy atom.